The Hall–Kier alpha value is -2.89. The standard InChI is InChI=1S/C27H38N4O2/c1-7-29-20(5)26-24(30(27(29)32)16-18(2)3)15-25(28-23-10-8-9-19(23)4)31(26)17-21-11-13-22(33-6)14-12-21/h11-15,18-19,23,28H,5,7-10,16-17H2,1-4,6H3. The summed E-state index contributed by atoms with van der Waals surface area (Å²) in [6, 6.07) is 10.8. The molecule has 1 fully saturated rings. The molecule has 2 aromatic rings. The summed E-state index contributed by atoms with van der Waals surface area (Å²) in [4.78, 5) is 17.1. The van der Waals surface area contributed by atoms with Gasteiger partial charge in [0.2, 0.25) is 0 Å². The zero-order valence-electron chi connectivity index (χ0n) is 20.7. The van der Waals surface area contributed by atoms with Gasteiger partial charge in [-0.15, -0.1) is 0 Å². The van der Waals surface area contributed by atoms with Crippen LogP contribution in [-0.2, 0) is 6.54 Å². The highest BCUT2D eigenvalue weighted by Gasteiger charge is 2.37. The van der Waals surface area contributed by atoms with Gasteiger partial charge in [0.15, 0.2) is 0 Å². The fraction of sp³-hybridized carbons (Fsp3) is 0.519. The maximum Gasteiger partial charge on any atom is 0.329 e. The number of carbonyl (C=O) groups excluding carboxylic acids is 1. The van der Waals surface area contributed by atoms with Crippen molar-refractivity contribution >= 4 is 23.2 Å². The van der Waals surface area contributed by atoms with E-state index in [0.29, 0.717) is 37.5 Å². The third-order valence-electron chi connectivity index (χ3n) is 6.99. The molecule has 0 saturated heterocycles. The van der Waals surface area contributed by atoms with E-state index < -0.39 is 0 Å². The second-order valence-electron chi connectivity index (χ2n) is 9.83. The van der Waals surface area contributed by atoms with E-state index >= 15 is 0 Å². The highest BCUT2D eigenvalue weighted by Crippen LogP contribution is 2.41. The minimum atomic E-state index is 0.0195. The molecule has 0 bridgehead atoms. The van der Waals surface area contributed by atoms with Crippen LogP contribution in [0.25, 0.3) is 5.70 Å². The lowest BCUT2D eigenvalue weighted by Gasteiger charge is -2.37. The Balaban J connectivity index is 1.81. The summed E-state index contributed by atoms with van der Waals surface area (Å²) >= 11 is 0. The van der Waals surface area contributed by atoms with Gasteiger partial charge < -0.3 is 14.6 Å². The maximum atomic E-state index is 13.4. The number of benzene rings is 1. The number of hydrogen-bond donors (Lipinski definition) is 1. The van der Waals surface area contributed by atoms with Crippen LogP contribution in [0.3, 0.4) is 0 Å². The highest BCUT2D eigenvalue weighted by molar-refractivity contribution is 6.04. The second-order valence-corrected chi connectivity index (χ2v) is 9.83. The van der Waals surface area contributed by atoms with Crippen molar-refractivity contribution in [2.75, 3.05) is 30.4 Å². The Morgan fingerprint density at radius 1 is 1.18 bits per heavy atom. The molecule has 1 N–H and O–H groups in total. The Bertz CT molecular complexity index is 1010. The average Bonchev–Trinajstić information content (AvgIpc) is 3.36. The van der Waals surface area contributed by atoms with Gasteiger partial charge in [-0.05, 0) is 49.3 Å². The molecule has 2 atom stereocenters. The van der Waals surface area contributed by atoms with E-state index in [4.69, 9.17) is 4.74 Å². The Morgan fingerprint density at radius 3 is 2.48 bits per heavy atom. The number of methoxy groups -OCH3 is 1. The van der Waals surface area contributed by atoms with Gasteiger partial charge >= 0.3 is 6.03 Å². The number of rotatable bonds is 8. The molecule has 1 aliphatic heterocycles. The number of nitrogens with one attached hydrogen (secondary N) is 1. The van der Waals surface area contributed by atoms with E-state index in [-0.39, 0.29) is 6.03 Å². The van der Waals surface area contributed by atoms with Gasteiger partial charge in [-0.25, -0.2) is 4.79 Å². The number of ether oxygens (including phenoxy) is 1. The predicted octanol–water partition coefficient (Wildman–Crippen LogP) is 6.03. The average molecular weight is 451 g/mol. The Labute approximate surface area is 198 Å². The molecular weight excluding hydrogens is 412 g/mol. The van der Waals surface area contributed by atoms with E-state index in [0.717, 1.165) is 28.6 Å². The van der Waals surface area contributed by atoms with Gasteiger partial charge in [0.25, 0.3) is 0 Å². The van der Waals surface area contributed by atoms with Crippen molar-refractivity contribution in [3.8, 4) is 5.75 Å². The van der Waals surface area contributed by atoms with E-state index in [1.807, 2.05) is 24.0 Å². The minimum Gasteiger partial charge on any atom is -0.497 e. The molecule has 4 rings (SSSR count). The molecule has 178 valence electrons. The summed E-state index contributed by atoms with van der Waals surface area (Å²) < 4.78 is 7.66. The predicted molar refractivity (Wildman–Crippen MR) is 136 cm³/mol. The molecule has 2 aliphatic rings. The zero-order valence-corrected chi connectivity index (χ0v) is 20.7. The van der Waals surface area contributed by atoms with Gasteiger partial charge in [0.1, 0.15) is 11.6 Å². The molecule has 1 aliphatic carbocycles. The molecule has 6 heteroatoms. The summed E-state index contributed by atoms with van der Waals surface area (Å²) in [5.74, 6) is 2.91. The van der Waals surface area contributed by atoms with Crippen LogP contribution in [-0.4, -0.2) is 41.7 Å². The molecule has 2 amide bonds. The Morgan fingerprint density at radius 2 is 1.91 bits per heavy atom. The van der Waals surface area contributed by atoms with Gasteiger partial charge in [0, 0.05) is 31.7 Å². The number of fused-ring (bicyclic) bond motifs is 1. The number of hydrogen-bond acceptors (Lipinski definition) is 3. The highest BCUT2D eigenvalue weighted by atomic mass is 16.5. The lowest BCUT2D eigenvalue weighted by Crippen LogP contribution is -2.47. The summed E-state index contributed by atoms with van der Waals surface area (Å²) in [5.41, 5.74) is 3.95. The number of aromatic nitrogens is 1. The Kier molecular flexibility index (Phi) is 6.73. The van der Waals surface area contributed by atoms with Crippen LogP contribution in [0.1, 0.15) is 58.2 Å². The van der Waals surface area contributed by atoms with Crippen LogP contribution in [0.15, 0.2) is 36.9 Å². The lowest BCUT2D eigenvalue weighted by atomic mass is 10.1. The molecule has 1 aromatic heterocycles. The molecule has 1 aromatic carbocycles. The first-order valence-electron chi connectivity index (χ1n) is 12.2. The molecule has 0 spiro atoms. The number of carbonyl (C=O) groups is 1. The smallest absolute Gasteiger partial charge is 0.329 e. The van der Waals surface area contributed by atoms with Crippen molar-refractivity contribution in [2.45, 2.75) is 59.5 Å². The van der Waals surface area contributed by atoms with Crippen molar-refractivity contribution in [3.05, 3.63) is 48.2 Å². The number of anilines is 2. The van der Waals surface area contributed by atoms with Gasteiger partial charge in [-0.3, -0.25) is 9.80 Å². The van der Waals surface area contributed by atoms with Crippen molar-refractivity contribution in [2.24, 2.45) is 11.8 Å². The fourth-order valence-corrected chi connectivity index (χ4v) is 5.15. The quantitative estimate of drug-likeness (QED) is 0.534. The molecule has 33 heavy (non-hydrogen) atoms. The van der Waals surface area contributed by atoms with E-state index in [2.05, 4.69) is 55.4 Å². The number of urea groups is 1. The molecule has 2 heterocycles. The largest absolute Gasteiger partial charge is 0.497 e. The summed E-state index contributed by atoms with van der Waals surface area (Å²) in [6.45, 7) is 15.0. The van der Waals surface area contributed by atoms with Crippen LogP contribution < -0.4 is 15.0 Å². The maximum absolute atomic E-state index is 13.4. The number of amides is 2. The monoisotopic (exact) mass is 450 g/mol. The third kappa shape index (κ3) is 4.48. The van der Waals surface area contributed by atoms with E-state index in [1.165, 1.54) is 24.8 Å². The first-order valence-corrected chi connectivity index (χ1v) is 12.2. The zero-order chi connectivity index (χ0) is 23.7. The topological polar surface area (TPSA) is 49.7 Å². The van der Waals surface area contributed by atoms with Gasteiger partial charge in [-0.2, -0.15) is 0 Å². The molecule has 2 unspecified atom stereocenters. The van der Waals surface area contributed by atoms with Gasteiger partial charge in [-0.1, -0.05) is 45.9 Å². The molecular formula is C27H38N4O2. The van der Waals surface area contributed by atoms with Crippen LogP contribution in [0.5, 0.6) is 5.75 Å². The fourth-order valence-electron chi connectivity index (χ4n) is 5.15. The second kappa shape index (κ2) is 9.54. The van der Waals surface area contributed by atoms with E-state index in [9.17, 15) is 4.79 Å². The normalized spacial score (nSPS) is 20.5. The van der Waals surface area contributed by atoms with Crippen molar-refractivity contribution < 1.29 is 9.53 Å². The SMILES string of the molecule is C=C1c2c(cc(NC3CCCC3C)n2Cc2ccc(OC)cc2)N(CC(C)C)C(=O)N1CC. The van der Waals surface area contributed by atoms with Crippen molar-refractivity contribution in [1.82, 2.24) is 9.47 Å². The van der Waals surface area contributed by atoms with Crippen LogP contribution >= 0.6 is 0 Å². The van der Waals surface area contributed by atoms with Crippen LogP contribution in [0.2, 0.25) is 0 Å². The van der Waals surface area contributed by atoms with Gasteiger partial charge in [0.05, 0.1) is 24.2 Å². The van der Waals surface area contributed by atoms with Crippen LogP contribution in [0, 0.1) is 11.8 Å². The van der Waals surface area contributed by atoms with Crippen molar-refractivity contribution in [3.63, 3.8) is 0 Å². The first kappa shape index (κ1) is 23.3. The summed E-state index contributed by atoms with van der Waals surface area (Å²) in [7, 11) is 1.69. The molecule has 6 nitrogen and oxygen atoms in total. The summed E-state index contributed by atoms with van der Waals surface area (Å²) in [6.07, 6.45) is 3.69. The molecule has 1 saturated carbocycles. The summed E-state index contributed by atoms with van der Waals surface area (Å²) in [5, 5.41) is 3.84. The van der Waals surface area contributed by atoms with Crippen molar-refractivity contribution in [1.29, 1.82) is 0 Å². The third-order valence-corrected chi connectivity index (χ3v) is 6.99. The number of nitrogens with zero attached hydrogens (tertiary/aromatic N) is 3. The minimum absolute atomic E-state index is 0.0195. The van der Waals surface area contributed by atoms with Crippen LogP contribution in [0.4, 0.5) is 16.3 Å². The lowest BCUT2D eigenvalue weighted by molar-refractivity contribution is 0.223. The molecule has 0 radical (unpaired) electrons. The van der Waals surface area contributed by atoms with E-state index in [1.54, 1.807) is 12.0 Å². The first-order chi connectivity index (χ1) is 15.8.